The zero-order valence-electron chi connectivity index (χ0n) is 13.9. The summed E-state index contributed by atoms with van der Waals surface area (Å²) < 4.78 is 12.8. The number of esters is 1. The van der Waals surface area contributed by atoms with Gasteiger partial charge >= 0.3 is 5.97 Å². The summed E-state index contributed by atoms with van der Waals surface area (Å²) in [6, 6.07) is 23.3. The van der Waals surface area contributed by atoms with Crippen LogP contribution in [0.2, 0.25) is 0 Å². The summed E-state index contributed by atoms with van der Waals surface area (Å²) in [6.07, 6.45) is 3.67. The van der Waals surface area contributed by atoms with Crippen LogP contribution >= 0.6 is 0 Å². The van der Waals surface area contributed by atoms with Gasteiger partial charge in [-0.1, -0.05) is 48.5 Å². The summed E-state index contributed by atoms with van der Waals surface area (Å²) in [5.74, 6) is 0.527. The first kappa shape index (κ1) is 16.7. The number of carbonyl (C=O) groups excluding carboxylic acids is 1. The van der Waals surface area contributed by atoms with E-state index in [1.54, 1.807) is 4.57 Å². The second-order valence-corrected chi connectivity index (χ2v) is 5.63. The summed E-state index contributed by atoms with van der Waals surface area (Å²) in [4.78, 5) is 11.8. The van der Waals surface area contributed by atoms with E-state index in [1.165, 1.54) is 0 Å². The van der Waals surface area contributed by atoms with Gasteiger partial charge in [0.15, 0.2) is 12.4 Å². The maximum absolute atomic E-state index is 11.8. The van der Waals surface area contributed by atoms with E-state index in [4.69, 9.17) is 9.47 Å². The molecule has 0 N–H and O–H groups in total. The van der Waals surface area contributed by atoms with Gasteiger partial charge in [-0.15, -0.1) is 0 Å². The molecule has 0 bridgehead atoms. The van der Waals surface area contributed by atoms with E-state index < -0.39 is 0 Å². The van der Waals surface area contributed by atoms with Crippen molar-refractivity contribution in [3.63, 3.8) is 0 Å². The van der Waals surface area contributed by atoms with Crippen LogP contribution in [-0.4, -0.2) is 5.97 Å². The maximum atomic E-state index is 11.8. The Bertz CT molecular complexity index is 786. The fourth-order valence-electron chi connectivity index (χ4n) is 2.32. The largest absolute Gasteiger partial charge is 0.489 e. The quantitative estimate of drug-likeness (QED) is 0.492. The smallest absolute Gasteiger partial charge is 0.373 e. The lowest BCUT2D eigenvalue weighted by Gasteiger charge is -2.07. The first-order valence-electron chi connectivity index (χ1n) is 8.15. The van der Waals surface area contributed by atoms with Crippen LogP contribution in [0.15, 0.2) is 85.2 Å². The van der Waals surface area contributed by atoms with Gasteiger partial charge in [0.25, 0.3) is 0 Å². The van der Waals surface area contributed by atoms with E-state index in [-0.39, 0.29) is 19.1 Å². The SMILES string of the molecule is O=C(C[n+]1ccccc1)OCc1ccc(OCc2ccccc2)cc1. The minimum absolute atomic E-state index is 0.207. The van der Waals surface area contributed by atoms with Crippen LogP contribution in [0.4, 0.5) is 0 Å². The zero-order valence-corrected chi connectivity index (χ0v) is 13.9. The molecule has 0 saturated carbocycles. The van der Waals surface area contributed by atoms with Gasteiger partial charge in [-0.3, -0.25) is 0 Å². The molecule has 126 valence electrons. The van der Waals surface area contributed by atoms with Gasteiger partial charge in [0.05, 0.1) is 0 Å². The van der Waals surface area contributed by atoms with E-state index in [9.17, 15) is 4.79 Å². The number of nitrogens with zero attached hydrogens (tertiary/aromatic N) is 1. The van der Waals surface area contributed by atoms with Crippen molar-refractivity contribution in [2.75, 3.05) is 0 Å². The molecule has 0 aliphatic heterocycles. The average molecular weight is 334 g/mol. The van der Waals surface area contributed by atoms with Crippen molar-refractivity contribution in [1.82, 2.24) is 0 Å². The molecule has 0 aliphatic rings. The Morgan fingerprint density at radius 2 is 1.40 bits per heavy atom. The molecular formula is C21H20NO3+. The molecule has 0 fully saturated rings. The molecule has 0 spiro atoms. The van der Waals surface area contributed by atoms with Crippen LogP contribution in [-0.2, 0) is 29.3 Å². The molecule has 0 aliphatic carbocycles. The third-order valence-corrected chi connectivity index (χ3v) is 3.66. The Kier molecular flexibility index (Phi) is 5.77. The van der Waals surface area contributed by atoms with Crippen LogP contribution in [0.3, 0.4) is 0 Å². The number of ether oxygens (including phenoxy) is 2. The summed E-state index contributed by atoms with van der Waals surface area (Å²) in [7, 11) is 0. The number of rotatable bonds is 7. The van der Waals surface area contributed by atoms with Crippen LogP contribution in [0.1, 0.15) is 11.1 Å². The molecule has 0 radical (unpaired) electrons. The fraction of sp³-hybridized carbons (Fsp3) is 0.143. The Morgan fingerprint density at radius 1 is 0.760 bits per heavy atom. The number of hydrogen-bond donors (Lipinski definition) is 0. The third-order valence-electron chi connectivity index (χ3n) is 3.66. The molecular weight excluding hydrogens is 314 g/mol. The predicted octanol–water partition coefficient (Wildman–Crippen LogP) is 3.30. The van der Waals surface area contributed by atoms with Gasteiger partial charge in [-0.05, 0) is 23.3 Å². The van der Waals surface area contributed by atoms with E-state index in [1.807, 2.05) is 85.2 Å². The topological polar surface area (TPSA) is 39.4 Å². The molecule has 0 saturated heterocycles. The highest BCUT2D eigenvalue weighted by molar-refractivity contribution is 5.67. The number of carbonyl (C=O) groups is 1. The van der Waals surface area contributed by atoms with Crippen molar-refractivity contribution in [3.05, 3.63) is 96.3 Å². The van der Waals surface area contributed by atoms with Crippen molar-refractivity contribution < 1.29 is 18.8 Å². The first-order valence-corrected chi connectivity index (χ1v) is 8.15. The van der Waals surface area contributed by atoms with Crippen LogP contribution < -0.4 is 9.30 Å². The molecule has 1 aromatic heterocycles. The maximum Gasteiger partial charge on any atom is 0.373 e. The summed E-state index contributed by atoms with van der Waals surface area (Å²) >= 11 is 0. The summed E-state index contributed by atoms with van der Waals surface area (Å²) in [6.45, 7) is 0.994. The number of pyridine rings is 1. The lowest BCUT2D eigenvalue weighted by molar-refractivity contribution is -0.686. The lowest BCUT2D eigenvalue weighted by atomic mass is 10.2. The highest BCUT2D eigenvalue weighted by atomic mass is 16.5. The van der Waals surface area contributed by atoms with Crippen LogP contribution in [0.25, 0.3) is 0 Å². The van der Waals surface area contributed by atoms with E-state index in [0.717, 1.165) is 16.9 Å². The fourth-order valence-corrected chi connectivity index (χ4v) is 2.32. The number of benzene rings is 2. The highest BCUT2D eigenvalue weighted by Crippen LogP contribution is 2.14. The van der Waals surface area contributed by atoms with Crippen molar-refractivity contribution in [2.45, 2.75) is 19.8 Å². The first-order chi connectivity index (χ1) is 12.3. The van der Waals surface area contributed by atoms with E-state index in [0.29, 0.717) is 6.61 Å². The molecule has 0 amide bonds. The standard InChI is InChI=1S/C21H20NO3/c23-21(15-22-13-5-2-6-14-22)25-17-19-9-11-20(12-10-19)24-16-18-7-3-1-4-8-18/h1-14H,15-17H2/q+1. The Labute approximate surface area is 147 Å². The van der Waals surface area contributed by atoms with Crippen LogP contribution in [0, 0.1) is 0 Å². The second kappa shape index (κ2) is 8.64. The lowest BCUT2D eigenvalue weighted by Crippen LogP contribution is -2.37. The highest BCUT2D eigenvalue weighted by Gasteiger charge is 2.10. The van der Waals surface area contributed by atoms with Crippen molar-refractivity contribution in [1.29, 1.82) is 0 Å². The molecule has 3 rings (SSSR count). The molecule has 2 aromatic carbocycles. The van der Waals surface area contributed by atoms with Gasteiger partial charge < -0.3 is 9.47 Å². The Morgan fingerprint density at radius 3 is 2.12 bits per heavy atom. The van der Waals surface area contributed by atoms with Gasteiger partial charge in [0.1, 0.15) is 19.0 Å². The molecule has 0 unspecified atom stereocenters. The van der Waals surface area contributed by atoms with Gasteiger partial charge in [-0.2, -0.15) is 4.57 Å². The Balaban J connectivity index is 1.45. The number of aromatic nitrogens is 1. The summed E-state index contributed by atoms with van der Waals surface area (Å²) in [5.41, 5.74) is 2.05. The molecule has 3 aromatic rings. The molecule has 4 heteroatoms. The van der Waals surface area contributed by atoms with Gasteiger partial charge in [0, 0.05) is 12.1 Å². The van der Waals surface area contributed by atoms with E-state index >= 15 is 0 Å². The zero-order chi connectivity index (χ0) is 17.3. The minimum atomic E-state index is -0.263. The normalized spacial score (nSPS) is 10.2. The summed E-state index contributed by atoms with van der Waals surface area (Å²) in [5, 5.41) is 0. The molecule has 1 heterocycles. The van der Waals surface area contributed by atoms with Crippen LogP contribution in [0.5, 0.6) is 5.75 Å². The average Bonchev–Trinajstić information content (AvgIpc) is 2.67. The van der Waals surface area contributed by atoms with Gasteiger partial charge in [0.2, 0.25) is 6.54 Å². The minimum Gasteiger partial charge on any atom is -0.489 e. The van der Waals surface area contributed by atoms with Crippen molar-refractivity contribution in [2.24, 2.45) is 0 Å². The molecule has 0 atom stereocenters. The molecule has 25 heavy (non-hydrogen) atoms. The van der Waals surface area contributed by atoms with Crippen molar-refractivity contribution >= 4 is 5.97 Å². The second-order valence-electron chi connectivity index (χ2n) is 5.63. The van der Waals surface area contributed by atoms with Crippen molar-refractivity contribution in [3.8, 4) is 5.75 Å². The third kappa shape index (κ3) is 5.46. The Hall–Kier alpha value is -3.14. The monoisotopic (exact) mass is 334 g/mol. The van der Waals surface area contributed by atoms with Gasteiger partial charge in [-0.25, -0.2) is 4.79 Å². The predicted molar refractivity (Wildman–Crippen MR) is 93.6 cm³/mol. The van der Waals surface area contributed by atoms with E-state index in [2.05, 4.69) is 0 Å². The molecule has 4 nitrogen and oxygen atoms in total. The number of hydrogen-bond acceptors (Lipinski definition) is 3.